The monoisotopic (exact) mass is 311 g/mol. The molecule has 1 unspecified atom stereocenters. The van der Waals surface area contributed by atoms with Gasteiger partial charge in [-0.3, -0.25) is 9.69 Å². The number of benzene rings is 1. The minimum atomic E-state index is 0. The standard InChI is InChI=1S/C16H25N3O.ClH/c1-13-4-6-14(7-5-13)18-15(20)10-19(3)12-16(2)8-9-17-11-16;/h4-7,17H,8-12H2,1-3H3,(H,18,20);1H. The van der Waals surface area contributed by atoms with Crippen molar-refractivity contribution in [2.75, 3.05) is 38.5 Å². The zero-order valence-corrected chi connectivity index (χ0v) is 13.9. The van der Waals surface area contributed by atoms with E-state index in [9.17, 15) is 4.79 Å². The van der Waals surface area contributed by atoms with Crippen molar-refractivity contribution in [2.45, 2.75) is 20.3 Å². The zero-order chi connectivity index (χ0) is 14.6. The molecule has 21 heavy (non-hydrogen) atoms. The van der Waals surface area contributed by atoms with E-state index in [2.05, 4.69) is 22.5 Å². The number of rotatable bonds is 5. The van der Waals surface area contributed by atoms with Crippen LogP contribution in [0.3, 0.4) is 0 Å². The molecular weight excluding hydrogens is 286 g/mol. The molecule has 5 heteroatoms. The van der Waals surface area contributed by atoms with E-state index >= 15 is 0 Å². The Morgan fingerprint density at radius 2 is 2.05 bits per heavy atom. The van der Waals surface area contributed by atoms with Crippen LogP contribution >= 0.6 is 12.4 Å². The topological polar surface area (TPSA) is 44.4 Å². The van der Waals surface area contributed by atoms with E-state index < -0.39 is 0 Å². The number of halogens is 1. The van der Waals surface area contributed by atoms with E-state index in [0.717, 1.165) is 25.3 Å². The summed E-state index contributed by atoms with van der Waals surface area (Å²) in [6, 6.07) is 7.89. The third-order valence-corrected chi connectivity index (χ3v) is 3.86. The summed E-state index contributed by atoms with van der Waals surface area (Å²) >= 11 is 0. The molecule has 1 atom stereocenters. The average molecular weight is 312 g/mol. The van der Waals surface area contributed by atoms with Gasteiger partial charge in [-0.25, -0.2) is 0 Å². The Bertz CT molecular complexity index is 455. The van der Waals surface area contributed by atoms with Crippen molar-refractivity contribution in [3.8, 4) is 0 Å². The first-order valence-corrected chi connectivity index (χ1v) is 7.23. The van der Waals surface area contributed by atoms with Gasteiger partial charge in [0.05, 0.1) is 6.54 Å². The molecule has 0 saturated carbocycles. The largest absolute Gasteiger partial charge is 0.325 e. The van der Waals surface area contributed by atoms with E-state index in [1.165, 1.54) is 12.0 Å². The normalized spacial score (nSPS) is 21.1. The average Bonchev–Trinajstić information content (AvgIpc) is 2.78. The van der Waals surface area contributed by atoms with Gasteiger partial charge in [0.2, 0.25) is 5.91 Å². The molecule has 0 aliphatic carbocycles. The Labute approximate surface area is 133 Å². The van der Waals surface area contributed by atoms with Gasteiger partial charge in [-0.1, -0.05) is 24.6 Å². The molecule has 1 aromatic rings. The molecule has 1 fully saturated rings. The lowest BCUT2D eigenvalue weighted by Gasteiger charge is -2.28. The van der Waals surface area contributed by atoms with E-state index in [4.69, 9.17) is 0 Å². The van der Waals surface area contributed by atoms with E-state index in [0.29, 0.717) is 12.0 Å². The Balaban J connectivity index is 0.00000220. The molecule has 1 saturated heterocycles. The maximum Gasteiger partial charge on any atom is 0.238 e. The Kier molecular flexibility index (Phi) is 6.65. The van der Waals surface area contributed by atoms with Crippen molar-refractivity contribution in [1.82, 2.24) is 10.2 Å². The highest BCUT2D eigenvalue weighted by molar-refractivity contribution is 5.92. The van der Waals surface area contributed by atoms with Crippen molar-refractivity contribution in [1.29, 1.82) is 0 Å². The highest BCUT2D eigenvalue weighted by atomic mass is 35.5. The first-order chi connectivity index (χ1) is 9.47. The Morgan fingerprint density at radius 1 is 1.38 bits per heavy atom. The van der Waals surface area contributed by atoms with Gasteiger partial charge in [-0.05, 0) is 44.5 Å². The van der Waals surface area contributed by atoms with Crippen molar-refractivity contribution < 1.29 is 4.79 Å². The van der Waals surface area contributed by atoms with Gasteiger partial charge in [-0.15, -0.1) is 12.4 Å². The van der Waals surface area contributed by atoms with E-state index in [1.807, 2.05) is 38.2 Å². The number of nitrogens with zero attached hydrogens (tertiary/aromatic N) is 1. The highest BCUT2D eigenvalue weighted by Gasteiger charge is 2.29. The second kappa shape index (κ2) is 7.78. The zero-order valence-electron chi connectivity index (χ0n) is 13.1. The van der Waals surface area contributed by atoms with Gasteiger partial charge in [0.1, 0.15) is 0 Å². The molecule has 1 aliphatic rings. The summed E-state index contributed by atoms with van der Waals surface area (Å²) in [5.41, 5.74) is 2.35. The smallest absolute Gasteiger partial charge is 0.238 e. The van der Waals surface area contributed by atoms with Crippen LogP contribution in [0.5, 0.6) is 0 Å². The number of carbonyl (C=O) groups excluding carboxylic acids is 1. The number of nitrogens with one attached hydrogen (secondary N) is 2. The van der Waals surface area contributed by atoms with Crippen molar-refractivity contribution in [3.05, 3.63) is 29.8 Å². The second-order valence-electron chi connectivity index (χ2n) is 6.32. The summed E-state index contributed by atoms with van der Waals surface area (Å²) in [4.78, 5) is 14.1. The summed E-state index contributed by atoms with van der Waals surface area (Å²) in [5, 5.41) is 6.33. The number of amides is 1. The molecule has 1 aromatic carbocycles. The number of aryl methyl sites for hydroxylation is 1. The molecule has 0 bridgehead atoms. The predicted molar refractivity (Wildman–Crippen MR) is 90.1 cm³/mol. The van der Waals surface area contributed by atoms with Crippen LogP contribution < -0.4 is 10.6 Å². The summed E-state index contributed by atoms with van der Waals surface area (Å²) in [5.74, 6) is 0.0471. The quantitative estimate of drug-likeness (QED) is 0.877. The van der Waals surface area contributed by atoms with Gasteiger partial charge < -0.3 is 10.6 Å². The lowest BCUT2D eigenvalue weighted by atomic mass is 9.89. The fraction of sp³-hybridized carbons (Fsp3) is 0.562. The SMILES string of the molecule is Cc1ccc(NC(=O)CN(C)CC2(C)CCNC2)cc1.Cl. The van der Waals surface area contributed by atoms with Gasteiger partial charge in [0.15, 0.2) is 0 Å². The minimum absolute atomic E-state index is 0. The fourth-order valence-electron chi connectivity index (χ4n) is 2.79. The third-order valence-electron chi connectivity index (χ3n) is 3.86. The summed E-state index contributed by atoms with van der Waals surface area (Å²) in [6.45, 7) is 7.82. The van der Waals surface area contributed by atoms with Crippen LogP contribution in [-0.4, -0.2) is 44.0 Å². The van der Waals surface area contributed by atoms with Crippen molar-refractivity contribution in [3.63, 3.8) is 0 Å². The number of hydrogen-bond acceptors (Lipinski definition) is 3. The molecule has 2 N–H and O–H groups in total. The molecule has 0 radical (unpaired) electrons. The molecule has 2 rings (SSSR count). The predicted octanol–water partition coefficient (Wildman–Crippen LogP) is 2.29. The van der Waals surface area contributed by atoms with Crippen LogP contribution in [0.25, 0.3) is 0 Å². The third kappa shape index (κ3) is 5.65. The number of carbonyl (C=O) groups is 1. The molecule has 118 valence electrons. The van der Waals surface area contributed by atoms with Gasteiger partial charge in [-0.2, -0.15) is 0 Å². The van der Waals surface area contributed by atoms with Crippen LogP contribution in [0, 0.1) is 12.3 Å². The molecule has 1 heterocycles. The van der Waals surface area contributed by atoms with Crippen LogP contribution in [-0.2, 0) is 4.79 Å². The van der Waals surface area contributed by atoms with Crippen LogP contribution in [0.2, 0.25) is 0 Å². The summed E-state index contributed by atoms with van der Waals surface area (Å²) in [7, 11) is 2.01. The summed E-state index contributed by atoms with van der Waals surface area (Å²) < 4.78 is 0. The van der Waals surface area contributed by atoms with Crippen LogP contribution in [0.4, 0.5) is 5.69 Å². The number of anilines is 1. The maximum atomic E-state index is 12.0. The lowest BCUT2D eigenvalue weighted by Crippen LogP contribution is -2.39. The lowest BCUT2D eigenvalue weighted by molar-refractivity contribution is -0.117. The molecule has 1 aliphatic heterocycles. The molecule has 4 nitrogen and oxygen atoms in total. The maximum absolute atomic E-state index is 12.0. The molecule has 0 aromatic heterocycles. The van der Waals surface area contributed by atoms with Gasteiger partial charge in [0.25, 0.3) is 0 Å². The highest BCUT2D eigenvalue weighted by Crippen LogP contribution is 2.25. The number of hydrogen-bond donors (Lipinski definition) is 2. The Morgan fingerprint density at radius 3 is 2.62 bits per heavy atom. The minimum Gasteiger partial charge on any atom is -0.325 e. The number of likely N-dealkylation sites (N-methyl/N-ethyl adjacent to an activating group) is 1. The molecule has 0 spiro atoms. The first-order valence-electron chi connectivity index (χ1n) is 7.23. The van der Waals surface area contributed by atoms with Crippen LogP contribution in [0.15, 0.2) is 24.3 Å². The van der Waals surface area contributed by atoms with Gasteiger partial charge in [0, 0.05) is 18.8 Å². The van der Waals surface area contributed by atoms with Crippen molar-refractivity contribution in [2.24, 2.45) is 5.41 Å². The van der Waals surface area contributed by atoms with E-state index in [-0.39, 0.29) is 18.3 Å². The second-order valence-corrected chi connectivity index (χ2v) is 6.32. The van der Waals surface area contributed by atoms with Crippen LogP contribution in [0.1, 0.15) is 18.9 Å². The molecule has 1 amide bonds. The Hall–Kier alpha value is -1.10. The fourth-order valence-corrected chi connectivity index (χ4v) is 2.79. The summed E-state index contributed by atoms with van der Waals surface area (Å²) in [6.07, 6.45) is 1.18. The van der Waals surface area contributed by atoms with Gasteiger partial charge >= 0.3 is 0 Å². The first kappa shape index (κ1) is 18.0. The van der Waals surface area contributed by atoms with E-state index in [1.54, 1.807) is 0 Å². The van der Waals surface area contributed by atoms with Crippen molar-refractivity contribution >= 4 is 24.0 Å². The molecular formula is C16H26ClN3O.